The minimum atomic E-state index is -0.682. The van der Waals surface area contributed by atoms with Gasteiger partial charge in [-0.15, -0.1) is 0 Å². The number of nitrogens with zero attached hydrogens (tertiary/aromatic N) is 2. The first-order valence-electron chi connectivity index (χ1n) is 7.70. The summed E-state index contributed by atoms with van der Waals surface area (Å²) in [6.07, 6.45) is 1.50. The van der Waals surface area contributed by atoms with Gasteiger partial charge in [-0.3, -0.25) is 9.59 Å². The Kier molecular flexibility index (Phi) is 6.51. The van der Waals surface area contributed by atoms with E-state index in [1.165, 1.54) is 37.6 Å². The molecule has 2 aromatic rings. The molecule has 0 saturated carbocycles. The van der Waals surface area contributed by atoms with Gasteiger partial charge in [-0.2, -0.15) is 5.26 Å². The number of amides is 2. The molecule has 8 heteroatoms. The standard InChI is InChI=1S/C18H17N3O5/c1-21(11-16(22)20-10-15-3-2-8-25-15)17(23)12-26-18(24)14-6-4-13(9-19)5-7-14/h2-8H,10-12H2,1H3,(H,20,22). The maximum atomic E-state index is 12.0. The van der Waals surface area contributed by atoms with Crippen LogP contribution in [0.15, 0.2) is 47.1 Å². The first kappa shape index (κ1) is 18.7. The summed E-state index contributed by atoms with van der Waals surface area (Å²) in [4.78, 5) is 36.8. The van der Waals surface area contributed by atoms with Gasteiger partial charge < -0.3 is 19.4 Å². The molecule has 1 N–H and O–H groups in total. The van der Waals surface area contributed by atoms with Crippen LogP contribution in [0, 0.1) is 11.3 Å². The monoisotopic (exact) mass is 355 g/mol. The number of benzene rings is 1. The number of furan rings is 1. The number of esters is 1. The van der Waals surface area contributed by atoms with E-state index in [1.54, 1.807) is 12.1 Å². The highest BCUT2D eigenvalue weighted by Gasteiger charge is 2.16. The van der Waals surface area contributed by atoms with Crippen molar-refractivity contribution in [2.24, 2.45) is 0 Å². The summed E-state index contributed by atoms with van der Waals surface area (Å²) in [6.45, 7) is -0.434. The van der Waals surface area contributed by atoms with Crippen molar-refractivity contribution >= 4 is 17.8 Å². The molecule has 0 aliphatic rings. The third-order valence-corrected chi connectivity index (χ3v) is 3.42. The number of hydrogen-bond donors (Lipinski definition) is 1. The molecule has 1 aromatic heterocycles. The zero-order chi connectivity index (χ0) is 18.9. The highest BCUT2D eigenvalue weighted by Crippen LogP contribution is 2.05. The van der Waals surface area contributed by atoms with Crippen LogP contribution in [0.25, 0.3) is 0 Å². The van der Waals surface area contributed by atoms with Crippen LogP contribution in [-0.2, 0) is 20.9 Å². The number of likely N-dealkylation sites (N-methyl/N-ethyl adjacent to an activating group) is 1. The van der Waals surface area contributed by atoms with Gasteiger partial charge in [-0.25, -0.2) is 4.79 Å². The third kappa shape index (κ3) is 5.49. The Bertz CT molecular complexity index is 806. The van der Waals surface area contributed by atoms with E-state index < -0.39 is 18.5 Å². The second kappa shape index (κ2) is 9.03. The molecule has 134 valence electrons. The van der Waals surface area contributed by atoms with Crippen molar-refractivity contribution in [3.8, 4) is 6.07 Å². The van der Waals surface area contributed by atoms with Gasteiger partial charge in [-0.1, -0.05) is 0 Å². The van der Waals surface area contributed by atoms with Gasteiger partial charge in [-0.05, 0) is 36.4 Å². The summed E-state index contributed by atoms with van der Waals surface area (Å²) >= 11 is 0. The molecule has 0 aliphatic heterocycles. The van der Waals surface area contributed by atoms with Gasteiger partial charge in [0.25, 0.3) is 5.91 Å². The summed E-state index contributed by atoms with van der Waals surface area (Å²) in [7, 11) is 1.43. The van der Waals surface area contributed by atoms with Crippen molar-refractivity contribution in [3.63, 3.8) is 0 Å². The molecule has 0 aliphatic carbocycles. The van der Waals surface area contributed by atoms with Crippen molar-refractivity contribution in [1.29, 1.82) is 5.26 Å². The number of carbonyl (C=O) groups is 3. The van der Waals surface area contributed by atoms with Crippen molar-refractivity contribution in [2.75, 3.05) is 20.2 Å². The normalized spacial score (nSPS) is 9.85. The van der Waals surface area contributed by atoms with Crippen molar-refractivity contribution in [1.82, 2.24) is 10.2 Å². The van der Waals surface area contributed by atoms with Crippen LogP contribution in [0.2, 0.25) is 0 Å². The Hall–Kier alpha value is -3.60. The molecule has 0 saturated heterocycles. The van der Waals surface area contributed by atoms with Crippen LogP contribution in [-0.4, -0.2) is 42.9 Å². The van der Waals surface area contributed by atoms with E-state index in [2.05, 4.69) is 5.32 Å². The van der Waals surface area contributed by atoms with Crippen LogP contribution >= 0.6 is 0 Å². The van der Waals surface area contributed by atoms with E-state index in [-0.39, 0.29) is 24.6 Å². The fraction of sp³-hybridized carbons (Fsp3) is 0.222. The topological polar surface area (TPSA) is 113 Å². The lowest BCUT2D eigenvalue weighted by atomic mass is 10.1. The molecule has 0 fully saturated rings. The summed E-state index contributed by atoms with van der Waals surface area (Å²) in [5, 5.41) is 11.3. The predicted molar refractivity (Wildman–Crippen MR) is 89.6 cm³/mol. The number of carbonyl (C=O) groups excluding carboxylic acids is 3. The maximum Gasteiger partial charge on any atom is 0.338 e. The Morgan fingerprint density at radius 2 is 1.96 bits per heavy atom. The number of nitrogens with one attached hydrogen (secondary N) is 1. The quantitative estimate of drug-likeness (QED) is 0.744. The number of rotatable bonds is 7. The molecule has 0 radical (unpaired) electrons. The van der Waals surface area contributed by atoms with E-state index in [9.17, 15) is 14.4 Å². The van der Waals surface area contributed by atoms with Gasteiger partial charge >= 0.3 is 5.97 Å². The molecule has 1 aromatic carbocycles. The van der Waals surface area contributed by atoms with E-state index in [1.807, 2.05) is 6.07 Å². The average molecular weight is 355 g/mol. The minimum absolute atomic E-state index is 0.173. The molecule has 0 atom stereocenters. The van der Waals surface area contributed by atoms with E-state index in [0.717, 1.165) is 4.90 Å². The van der Waals surface area contributed by atoms with Crippen LogP contribution in [0.3, 0.4) is 0 Å². The Morgan fingerprint density at radius 3 is 2.58 bits per heavy atom. The summed E-state index contributed by atoms with van der Waals surface area (Å²) in [6, 6.07) is 11.2. The molecule has 8 nitrogen and oxygen atoms in total. The summed E-state index contributed by atoms with van der Waals surface area (Å²) in [5.74, 6) is -0.960. The van der Waals surface area contributed by atoms with Gasteiger partial charge in [0, 0.05) is 7.05 Å². The fourth-order valence-electron chi connectivity index (χ4n) is 1.96. The lowest BCUT2D eigenvalue weighted by Gasteiger charge is -2.16. The molecule has 0 spiro atoms. The molecular formula is C18H17N3O5. The van der Waals surface area contributed by atoms with E-state index in [0.29, 0.717) is 11.3 Å². The Balaban J connectivity index is 1.74. The smallest absolute Gasteiger partial charge is 0.338 e. The van der Waals surface area contributed by atoms with E-state index in [4.69, 9.17) is 14.4 Å². The van der Waals surface area contributed by atoms with Crippen LogP contribution < -0.4 is 5.32 Å². The Morgan fingerprint density at radius 1 is 1.23 bits per heavy atom. The molecule has 2 rings (SSSR count). The largest absolute Gasteiger partial charge is 0.467 e. The van der Waals surface area contributed by atoms with Gasteiger partial charge in [0.2, 0.25) is 5.91 Å². The first-order chi connectivity index (χ1) is 12.5. The maximum absolute atomic E-state index is 12.0. The predicted octanol–water partition coefficient (Wildman–Crippen LogP) is 1.08. The third-order valence-electron chi connectivity index (χ3n) is 3.42. The zero-order valence-corrected chi connectivity index (χ0v) is 14.1. The number of nitriles is 1. The summed E-state index contributed by atoms with van der Waals surface area (Å²) < 4.78 is 10.0. The summed E-state index contributed by atoms with van der Waals surface area (Å²) in [5.41, 5.74) is 0.647. The van der Waals surface area contributed by atoms with Crippen LogP contribution in [0.1, 0.15) is 21.7 Å². The highest BCUT2D eigenvalue weighted by molar-refractivity contribution is 5.92. The van der Waals surface area contributed by atoms with Crippen molar-refractivity contribution in [2.45, 2.75) is 6.54 Å². The van der Waals surface area contributed by atoms with Gasteiger partial charge in [0.1, 0.15) is 5.76 Å². The second-order valence-corrected chi connectivity index (χ2v) is 5.37. The number of hydrogen-bond acceptors (Lipinski definition) is 6. The number of ether oxygens (including phenoxy) is 1. The molecule has 1 heterocycles. The van der Waals surface area contributed by atoms with Crippen LogP contribution in [0.4, 0.5) is 0 Å². The van der Waals surface area contributed by atoms with Gasteiger partial charge in [0.15, 0.2) is 6.61 Å². The van der Waals surface area contributed by atoms with Crippen molar-refractivity contribution < 1.29 is 23.5 Å². The lowest BCUT2D eigenvalue weighted by molar-refractivity contribution is -0.137. The highest BCUT2D eigenvalue weighted by atomic mass is 16.5. The molecular weight excluding hydrogens is 338 g/mol. The fourth-order valence-corrected chi connectivity index (χ4v) is 1.96. The average Bonchev–Trinajstić information content (AvgIpc) is 3.17. The molecule has 0 bridgehead atoms. The lowest BCUT2D eigenvalue weighted by Crippen LogP contribution is -2.39. The van der Waals surface area contributed by atoms with E-state index >= 15 is 0 Å². The first-order valence-corrected chi connectivity index (χ1v) is 7.70. The SMILES string of the molecule is CN(CC(=O)NCc1ccco1)C(=O)COC(=O)c1ccc(C#N)cc1. The molecule has 0 unspecified atom stereocenters. The second-order valence-electron chi connectivity index (χ2n) is 5.37. The molecule has 26 heavy (non-hydrogen) atoms. The van der Waals surface area contributed by atoms with Crippen molar-refractivity contribution in [3.05, 3.63) is 59.5 Å². The minimum Gasteiger partial charge on any atom is -0.467 e. The zero-order valence-electron chi connectivity index (χ0n) is 14.1. The van der Waals surface area contributed by atoms with Gasteiger partial charge in [0.05, 0.1) is 36.5 Å². The van der Waals surface area contributed by atoms with Crippen LogP contribution in [0.5, 0.6) is 0 Å². The molecule has 2 amide bonds. The Labute approximate surface area is 150 Å².